The second-order valence-corrected chi connectivity index (χ2v) is 12.0. The Labute approximate surface area is 289 Å². The molecule has 2 aliphatic carbocycles. The second kappa shape index (κ2) is 22.9. The topological polar surface area (TPSA) is 202 Å². The highest BCUT2D eigenvalue weighted by Gasteiger charge is 2.23. The zero-order valence-corrected chi connectivity index (χ0v) is 29.3. The Morgan fingerprint density at radius 3 is 1.37 bits per heavy atom. The number of rotatable bonds is 15. The van der Waals surface area contributed by atoms with Crippen LogP contribution in [-0.2, 0) is 31.9 Å². The van der Waals surface area contributed by atoms with Crippen molar-refractivity contribution >= 4 is 11.9 Å². The van der Waals surface area contributed by atoms with Gasteiger partial charge in [-0.1, -0.05) is 37.8 Å². The molecule has 0 saturated heterocycles. The van der Waals surface area contributed by atoms with Gasteiger partial charge in [-0.05, 0) is 73.9 Å². The van der Waals surface area contributed by atoms with Crippen molar-refractivity contribution < 1.29 is 53.3 Å². The van der Waals surface area contributed by atoms with E-state index < -0.39 is 24.5 Å². The van der Waals surface area contributed by atoms with E-state index in [0.717, 1.165) is 61.5 Å². The summed E-state index contributed by atoms with van der Waals surface area (Å²) in [7, 11) is 6.59. The average Bonchev–Trinajstić information content (AvgIpc) is 3.10. The zero-order chi connectivity index (χ0) is 36.2. The molecule has 0 bridgehead atoms. The molecule has 2 saturated carbocycles. The quantitative estimate of drug-likeness (QED) is 0.180. The summed E-state index contributed by atoms with van der Waals surface area (Å²) >= 11 is 0. The Hall–Kier alpha value is -3.62. The van der Waals surface area contributed by atoms with Crippen molar-refractivity contribution in [3.63, 3.8) is 0 Å². The molecule has 4 rings (SSSR count). The Morgan fingerprint density at radius 1 is 0.673 bits per heavy atom. The highest BCUT2D eigenvalue weighted by atomic mass is 16.5. The van der Waals surface area contributed by atoms with Crippen molar-refractivity contribution in [2.24, 2.45) is 11.5 Å². The minimum absolute atomic E-state index is 0.203. The molecule has 7 N–H and O–H groups in total. The van der Waals surface area contributed by atoms with Crippen molar-refractivity contribution in [2.75, 3.05) is 41.7 Å². The van der Waals surface area contributed by atoms with E-state index in [1.807, 2.05) is 36.4 Å². The van der Waals surface area contributed by atoms with E-state index in [-0.39, 0.29) is 24.3 Å². The van der Waals surface area contributed by atoms with Crippen LogP contribution in [0.5, 0.6) is 23.0 Å². The number of aliphatic hydroxyl groups is 1. The summed E-state index contributed by atoms with van der Waals surface area (Å²) in [5, 5.41) is 24.1. The molecule has 2 aromatic carbocycles. The van der Waals surface area contributed by atoms with E-state index in [1.54, 1.807) is 28.4 Å². The molecule has 13 heteroatoms. The van der Waals surface area contributed by atoms with Crippen LogP contribution in [0.15, 0.2) is 36.4 Å². The third kappa shape index (κ3) is 15.2. The maximum atomic E-state index is 9.72. The molecular formula is C36H56N2O11. The smallest absolute Gasteiger partial charge is 0.333 e. The number of carbonyl (C=O) groups is 2. The van der Waals surface area contributed by atoms with Gasteiger partial charge < -0.3 is 55.2 Å². The van der Waals surface area contributed by atoms with Gasteiger partial charge in [0.2, 0.25) is 0 Å². The van der Waals surface area contributed by atoms with E-state index in [9.17, 15) is 9.59 Å². The summed E-state index contributed by atoms with van der Waals surface area (Å²) in [6.45, 7) is 1.40. The van der Waals surface area contributed by atoms with Crippen molar-refractivity contribution in [3.8, 4) is 23.0 Å². The summed E-state index contributed by atoms with van der Waals surface area (Å²) in [6, 6.07) is 12.4. The molecule has 0 radical (unpaired) electrons. The molecule has 0 aliphatic heterocycles. The molecule has 2 aliphatic rings. The third-order valence-corrected chi connectivity index (χ3v) is 8.50. The maximum absolute atomic E-state index is 9.72. The lowest BCUT2D eigenvalue weighted by Gasteiger charge is -2.28. The monoisotopic (exact) mass is 692 g/mol. The van der Waals surface area contributed by atoms with Crippen molar-refractivity contribution in [3.05, 3.63) is 47.5 Å². The highest BCUT2D eigenvalue weighted by molar-refractivity contribution is 5.79. The second-order valence-electron chi connectivity index (χ2n) is 12.0. The fraction of sp³-hybridized carbons (Fsp3) is 0.611. The minimum atomic E-state index is -1.79. The SMILES string of the molecule is COc1ccc(CCOC2CCCCC2N)cc1OC.COc1ccc(CCOC2CCCCC2N)cc1OC.O=C(O)CC(O)C(=O)O. The molecule has 13 nitrogen and oxygen atoms in total. The Morgan fingerprint density at radius 2 is 1.06 bits per heavy atom. The van der Waals surface area contributed by atoms with Gasteiger partial charge in [-0.25, -0.2) is 4.79 Å². The molecule has 0 amide bonds. The molecule has 2 aromatic rings. The summed E-state index contributed by atoms with van der Waals surface area (Å²) in [5.41, 5.74) is 14.5. The molecule has 5 unspecified atom stereocenters. The van der Waals surface area contributed by atoms with Crippen molar-refractivity contribution in [1.29, 1.82) is 0 Å². The molecular weight excluding hydrogens is 636 g/mol. The van der Waals surface area contributed by atoms with Crippen LogP contribution < -0.4 is 30.4 Å². The lowest BCUT2D eigenvalue weighted by Crippen LogP contribution is -2.39. The number of ether oxygens (including phenoxy) is 6. The number of nitrogens with two attached hydrogens (primary N) is 2. The first-order chi connectivity index (χ1) is 23.5. The molecule has 0 aromatic heterocycles. The van der Waals surface area contributed by atoms with Crippen LogP contribution in [0.4, 0.5) is 0 Å². The van der Waals surface area contributed by atoms with Crippen LogP contribution in [0.25, 0.3) is 0 Å². The minimum Gasteiger partial charge on any atom is -0.493 e. The standard InChI is InChI=1S/2C16H25NO3.C4H6O5/c2*1-18-15-8-7-12(11-16(15)19-2)9-10-20-14-6-4-3-5-13(14)17;5-2(4(8)9)1-3(6)7/h2*7-8,11,13-14H,3-6,9-10,17H2,1-2H3;2,5H,1H2,(H,6,7)(H,8,9). The average molecular weight is 693 g/mol. The molecule has 2 fully saturated rings. The van der Waals surface area contributed by atoms with E-state index in [4.69, 9.17) is 55.2 Å². The van der Waals surface area contributed by atoms with Gasteiger partial charge in [-0.3, -0.25) is 4.79 Å². The summed E-state index contributed by atoms with van der Waals surface area (Å²) in [5.74, 6) is 0.193. The van der Waals surface area contributed by atoms with Gasteiger partial charge >= 0.3 is 11.9 Å². The number of hydrogen-bond donors (Lipinski definition) is 5. The van der Waals surface area contributed by atoms with Gasteiger partial charge in [-0.2, -0.15) is 0 Å². The van der Waals surface area contributed by atoms with E-state index in [0.29, 0.717) is 13.2 Å². The van der Waals surface area contributed by atoms with Crippen molar-refractivity contribution in [1.82, 2.24) is 0 Å². The number of benzene rings is 2. The van der Waals surface area contributed by atoms with E-state index in [2.05, 4.69) is 0 Å². The van der Waals surface area contributed by atoms with Crippen LogP contribution in [-0.4, -0.2) is 99.3 Å². The Balaban J connectivity index is 0.000000275. The van der Waals surface area contributed by atoms with Gasteiger partial charge in [0.05, 0.1) is 60.3 Å². The number of carboxylic acid groups (broad SMARTS) is 2. The zero-order valence-electron chi connectivity index (χ0n) is 29.3. The largest absolute Gasteiger partial charge is 0.493 e. The molecule has 5 atom stereocenters. The van der Waals surface area contributed by atoms with Gasteiger partial charge in [0.1, 0.15) is 0 Å². The molecule has 0 spiro atoms. The van der Waals surface area contributed by atoms with Gasteiger partial charge in [0.15, 0.2) is 29.1 Å². The molecule has 49 heavy (non-hydrogen) atoms. The lowest BCUT2D eigenvalue weighted by atomic mass is 9.93. The summed E-state index contributed by atoms with van der Waals surface area (Å²) in [4.78, 5) is 19.4. The van der Waals surface area contributed by atoms with Crippen LogP contribution in [0.1, 0.15) is 68.9 Å². The number of carboxylic acids is 2. The predicted octanol–water partition coefficient (Wildman–Crippen LogP) is 3.97. The number of methoxy groups -OCH3 is 4. The first-order valence-electron chi connectivity index (χ1n) is 16.8. The Bertz CT molecular complexity index is 1180. The molecule has 0 heterocycles. The number of aliphatic hydroxyl groups excluding tert-OH is 1. The third-order valence-electron chi connectivity index (χ3n) is 8.50. The van der Waals surface area contributed by atoms with Crippen LogP contribution in [0.3, 0.4) is 0 Å². The predicted molar refractivity (Wildman–Crippen MR) is 185 cm³/mol. The summed E-state index contributed by atoms with van der Waals surface area (Å²) < 4.78 is 32.9. The number of hydrogen-bond acceptors (Lipinski definition) is 11. The van der Waals surface area contributed by atoms with E-state index in [1.165, 1.54) is 36.8 Å². The van der Waals surface area contributed by atoms with Crippen LogP contribution in [0, 0.1) is 0 Å². The fourth-order valence-corrected chi connectivity index (χ4v) is 5.65. The van der Waals surface area contributed by atoms with Crippen LogP contribution >= 0.6 is 0 Å². The highest BCUT2D eigenvalue weighted by Crippen LogP contribution is 2.29. The van der Waals surface area contributed by atoms with Crippen molar-refractivity contribution in [2.45, 2.75) is 101 Å². The summed E-state index contributed by atoms with van der Waals surface area (Å²) in [6.07, 6.45) is 8.91. The maximum Gasteiger partial charge on any atom is 0.333 e. The molecule has 276 valence electrons. The first-order valence-corrected chi connectivity index (χ1v) is 16.8. The number of aliphatic carboxylic acids is 2. The first kappa shape index (κ1) is 41.6. The fourth-order valence-electron chi connectivity index (χ4n) is 5.65. The lowest BCUT2D eigenvalue weighted by molar-refractivity contribution is -0.152. The van der Waals surface area contributed by atoms with Gasteiger partial charge in [0.25, 0.3) is 0 Å². The van der Waals surface area contributed by atoms with Crippen LogP contribution in [0.2, 0.25) is 0 Å². The Kier molecular flexibility index (Phi) is 19.4. The van der Waals surface area contributed by atoms with Gasteiger partial charge in [-0.15, -0.1) is 0 Å². The van der Waals surface area contributed by atoms with Gasteiger partial charge in [0, 0.05) is 12.1 Å². The van der Waals surface area contributed by atoms with E-state index >= 15 is 0 Å². The normalized spacial score (nSPS) is 20.7.